The number of carbonyl (C=O) groups is 2. The van der Waals surface area contributed by atoms with Crippen LogP contribution in [0.25, 0.3) is 5.76 Å². The monoisotopic (exact) mass is 454 g/mol. The molecule has 1 fully saturated rings. The molecule has 1 atom stereocenters. The van der Waals surface area contributed by atoms with Crippen LogP contribution in [0.1, 0.15) is 46.7 Å². The first-order valence-electron chi connectivity index (χ1n) is 11.5. The van der Waals surface area contributed by atoms with E-state index in [2.05, 4.69) is 4.98 Å². The molecule has 1 aliphatic carbocycles. The zero-order valence-corrected chi connectivity index (χ0v) is 19.0. The van der Waals surface area contributed by atoms with Crippen molar-refractivity contribution in [3.8, 4) is 5.75 Å². The fourth-order valence-electron chi connectivity index (χ4n) is 4.93. The highest BCUT2D eigenvalue weighted by Gasteiger charge is 2.46. The van der Waals surface area contributed by atoms with Crippen molar-refractivity contribution in [1.82, 2.24) is 9.88 Å². The molecular weight excluding hydrogens is 428 g/mol. The lowest BCUT2D eigenvalue weighted by molar-refractivity contribution is -0.140. The maximum absolute atomic E-state index is 13.3. The Bertz CT molecular complexity index is 1280. The van der Waals surface area contributed by atoms with Crippen LogP contribution in [-0.4, -0.2) is 33.8 Å². The van der Waals surface area contributed by atoms with Crippen LogP contribution in [0.5, 0.6) is 5.75 Å². The predicted molar refractivity (Wildman–Crippen MR) is 128 cm³/mol. The number of pyridine rings is 1. The van der Waals surface area contributed by atoms with E-state index in [0.717, 1.165) is 31.2 Å². The Labute approximate surface area is 198 Å². The number of hydrogen-bond donors (Lipinski definition) is 1. The van der Waals surface area contributed by atoms with Crippen LogP contribution in [0.3, 0.4) is 0 Å². The topological polar surface area (TPSA) is 79.7 Å². The van der Waals surface area contributed by atoms with Gasteiger partial charge in [0.1, 0.15) is 11.5 Å². The molecule has 172 valence electrons. The number of nitrogens with zero attached hydrogens (tertiary/aromatic N) is 2. The Kier molecular flexibility index (Phi) is 5.88. The van der Waals surface area contributed by atoms with Crippen molar-refractivity contribution in [3.05, 3.63) is 100 Å². The Balaban J connectivity index is 1.64. The van der Waals surface area contributed by atoms with Crippen LogP contribution in [0, 0.1) is 0 Å². The molecule has 1 amide bonds. The standard InChI is InChI=1S/C28H26N2O4/c1-34-23-10-4-9-21(15-23)25-24(26(31)22-12-11-19-7-2-3-8-20(19)14-22)27(32)28(33)30(25)17-18-6-5-13-29-16-18/h4-6,9-16,25,31H,2-3,7-8,17H2,1H3/b26-24-. The largest absolute Gasteiger partial charge is 0.507 e. The molecule has 0 radical (unpaired) electrons. The van der Waals surface area contributed by atoms with Gasteiger partial charge in [-0.1, -0.05) is 30.3 Å². The Morgan fingerprint density at radius 2 is 1.88 bits per heavy atom. The molecule has 3 aromatic rings. The number of benzene rings is 2. The van der Waals surface area contributed by atoms with Crippen molar-refractivity contribution in [2.75, 3.05) is 7.11 Å². The van der Waals surface area contributed by atoms with E-state index in [9.17, 15) is 14.7 Å². The number of aliphatic hydroxyl groups excluding tert-OH is 1. The van der Waals surface area contributed by atoms with Gasteiger partial charge in [-0.05, 0) is 72.2 Å². The average Bonchev–Trinajstić information content (AvgIpc) is 3.13. The number of ether oxygens (including phenoxy) is 1. The highest BCUT2D eigenvalue weighted by molar-refractivity contribution is 6.46. The molecule has 6 heteroatoms. The molecule has 6 nitrogen and oxygen atoms in total. The third-order valence-electron chi connectivity index (χ3n) is 6.65. The van der Waals surface area contributed by atoms with Gasteiger partial charge in [-0.2, -0.15) is 0 Å². The van der Waals surface area contributed by atoms with Gasteiger partial charge in [-0.25, -0.2) is 0 Å². The Hall–Kier alpha value is -3.93. The number of fused-ring (bicyclic) bond motifs is 1. The lowest BCUT2D eigenvalue weighted by atomic mass is 9.88. The zero-order valence-electron chi connectivity index (χ0n) is 19.0. The molecule has 5 rings (SSSR count). The number of rotatable bonds is 5. The number of aromatic nitrogens is 1. The second kappa shape index (κ2) is 9.14. The molecule has 1 aliphatic heterocycles. The van der Waals surface area contributed by atoms with Crippen molar-refractivity contribution >= 4 is 17.4 Å². The number of likely N-dealkylation sites (tertiary alicyclic amines) is 1. The zero-order chi connectivity index (χ0) is 23.7. The van der Waals surface area contributed by atoms with E-state index >= 15 is 0 Å². The van der Waals surface area contributed by atoms with E-state index in [1.165, 1.54) is 16.0 Å². The van der Waals surface area contributed by atoms with Gasteiger partial charge in [0.2, 0.25) is 0 Å². The van der Waals surface area contributed by atoms with Crippen molar-refractivity contribution in [3.63, 3.8) is 0 Å². The maximum atomic E-state index is 13.3. The van der Waals surface area contributed by atoms with Crippen LogP contribution < -0.4 is 4.74 Å². The van der Waals surface area contributed by atoms with Gasteiger partial charge in [0, 0.05) is 24.5 Å². The first-order chi connectivity index (χ1) is 16.6. The van der Waals surface area contributed by atoms with Crippen LogP contribution in [0.15, 0.2) is 72.6 Å². The smallest absolute Gasteiger partial charge is 0.295 e. The SMILES string of the molecule is COc1cccc(C2/C(=C(/O)c3ccc4c(c3)CCCC4)C(=O)C(=O)N2Cc2cccnc2)c1. The Morgan fingerprint density at radius 1 is 1.06 bits per heavy atom. The predicted octanol–water partition coefficient (Wildman–Crippen LogP) is 4.59. The van der Waals surface area contributed by atoms with E-state index in [4.69, 9.17) is 4.74 Å². The van der Waals surface area contributed by atoms with Crippen LogP contribution in [-0.2, 0) is 29.0 Å². The molecule has 2 heterocycles. The average molecular weight is 455 g/mol. The highest BCUT2D eigenvalue weighted by Crippen LogP contribution is 2.41. The molecule has 0 bridgehead atoms. The normalized spacial score (nSPS) is 19.2. The van der Waals surface area contributed by atoms with E-state index < -0.39 is 17.7 Å². The van der Waals surface area contributed by atoms with Crippen molar-refractivity contribution in [2.45, 2.75) is 38.3 Å². The quantitative estimate of drug-likeness (QED) is 0.347. The van der Waals surface area contributed by atoms with E-state index in [0.29, 0.717) is 16.9 Å². The summed E-state index contributed by atoms with van der Waals surface area (Å²) in [6, 6.07) is 16.0. The number of aliphatic hydroxyl groups is 1. The molecule has 0 saturated carbocycles. The van der Waals surface area contributed by atoms with Crippen molar-refractivity contribution in [2.24, 2.45) is 0 Å². The number of amides is 1. The first-order valence-corrected chi connectivity index (χ1v) is 11.5. The molecule has 1 saturated heterocycles. The number of Topliss-reactive ketones (excluding diaryl/α,β-unsaturated/α-hetero) is 1. The second-order valence-corrected chi connectivity index (χ2v) is 8.76. The highest BCUT2D eigenvalue weighted by atomic mass is 16.5. The molecule has 0 spiro atoms. The lowest BCUT2D eigenvalue weighted by Gasteiger charge is -2.25. The maximum Gasteiger partial charge on any atom is 0.295 e. The van der Waals surface area contributed by atoms with E-state index in [-0.39, 0.29) is 17.9 Å². The van der Waals surface area contributed by atoms with Gasteiger partial charge < -0.3 is 14.7 Å². The molecule has 1 N–H and O–H groups in total. The fraction of sp³-hybridized carbons (Fsp3) is 0.250. The summed E-state index contributed by atoms with van der Waals surface area (Å²) < 4.78 is 5.39. The summed E-state index contributed by atoms with van der Waals surface area (Å²) in [4.78, 5) is 32.1. The van der Waals surface area contributed by atoms with E-state index in [1.807, 2.05) is 36.4 Å². The minimum absolute atomic E-state index is 0.0953. The van der Waals surface area contributed by atoms with Gasteiger partial charge in [0.25, 0.3) is 11.7 Å². The lowest BCUT2D eigenvalue weighted by Crippen LogP contribution is -2.29. The molecule has 34 heavy (non-hydrogen) atoms. The van der Waals surface area contributed by atoms with Crippen LogP contribution >= 0.6 is 0 Å². The number of ketones is 1. The molecule has 2 aromatic carbocycles. The van der Waals surface area contributed by atoms with Gasteiger partial charge in [-0.15, -0.1) is 0 Å². The number of hydrogen-bond acceptors (Lipinski definition) is 5. The number of carbonyl (C=O) groups excluding carboxylic acids is 2. The summed E-state index contributed by atoms with van der Waals surface area (Å²) in [6.45, 7) is 0.196. The number of aryl methyl sites for hydroxylation is 2. The third-order valence-corrected chi connectivity index (χ3v) is 6.65. The van der Waals surface area contributed by atoms with Crippen molar-refractivity contribution in [1.29, 1.82) is 0 Å². The number of methoxy groups -OCH3 is 1. The summed E-state index contributed by atoms with van der Waals surface area (Å²) in [7, 11) is 1.57. The Morgan fingerprint density at radius 3 is 2.65 bits per heavy atom. The van der Waals surface area contributed by atoms with Crippen LogP contribution in [0.4, 0.5) is 0 Å². The minimum atomic E-state index is -0.744. The van der Waals surface area contributed by atoms with Gasteiger partial charge in [0.05, 0.1) is 18.7 Å². The molecular formula is C28H26N2O4. The summed E-state index contributed by atoms with van der Waals surface area (Å²) in [5.41, 5.74) is 4.63. The van der Waals surface area contributed by atoms with Gasteiger partial charge >= 0.3 is 0 Å². The third kappa shape index (κ3) is 3.96. The fourth-order valence-corrected chi connectivity index (χ4v) is 4.93. The summed E-state index contributed by atoms with van der Waals surface area (Å²) in [5.74, 6) is -0.866. The van der Waals surface area contributed by atoms with E-state index in [1.54, 1.807) is 37.7 Å². The minimum Gasteiger partial charge on any atom is -0.507 e. The van der Waals surface area contributed by atoms with Crippen LogP contribution in [0.2, 0.25) is 0 Å². The molecule has 1 aromatic heterocycles. The van der Waals surface area contributed by atoms with Crippen molar-refractivity contribution < 1.29 is 19.4 Å². The first kappa shape index (κ1) is 21.9. The summed E-state index contributed by atoms with van der Waals surface area (Å²) >= 11 is 0. The summed E-state index contributed by atoms with van der Waals surface area (Å²) in [6.07, 6.45) is 7.57. The second-order valence-electron chi connectivity index (χ2n) is 8.76. The van der Waals surface area contributed by atoms with Gasteiger partial charge in [0.15, 0.2) is 0 Å². The molecule has 1 unspecified atom stereocenters. The molecule has 2 aliphatic rings. The van der Waals surface area contributed by atoms with Gasteiger partial charge in [-0.3, -0.25) is 14.6 Å². The summed E-state index contributed by atoms with van der Waals surface area (Å²) in [5, 5.41) is 11.4.